The van der Waals surface area contributed by atoms with Crippen LogP contribution in [0.4, 0.5) is 4.79 Å². The highest BCUT2D eigenvalue weighted by atomic mass is 35.5. The van der Waals surface area contributed by atoms with Gasteiger partial charge in [0.15, 0.2) is 0 Å². The predicted molar refractivity (Wildman–Crippen MR) is 117 cm³/mol. The number of benzene rings is 2. The van der Waals surface area contributed by atoms with E-state index in [1.54, 1.807) is 4.90 Å². The minimum absolute atomic E-state index is 0.172. The molecule has 1 saturated heterocycles. The highest BCUT2D eigenvalue weighted by Gasteiger charge is 2.50. The fourth-order valence-corrected chi connectivity index (χ4v) is 5.29. The monoisotopic (exact) mass is 440 g/mol. The van der Waals surface area contributed by atoms with Gasteiger partial charge in [-0.05, 0) is 43.4 Å². The summed E-state index contributed by atoms with van der Waals surface area (Å²) in [5.74, 6) is 0.172. The molecule has 0 spiro atoms. The Labute approximate surface area is 185 Å². The average molecular weight is 441 g/mol. The van der Waals surface area contributed by atoms with Gasteiger partial charge in [-0.15, -0.1) is 0 Å². The maximum absolute atomic E-state index is 12.5. The van der Waals surface area contributed by atoms with Gasteiger partial charge in [0.2, 0.25) is 0 Å². The number of hydroxylamine groups is 1. The molecule has 3 aromatic rings. The first-order valence-corrected chi connectivity index (χ1v) is 10.9. The fraction of sp³-hybridized carbons (Fsp3) is 0.391. The number of aliphatic hydroxyl groups excluding tert-OH is 1. The minimum Gasteiger partial charge on any atom is -0.386 e. The van der Waals surface area contributed by atoms with Gasteiger partial charge in [0, 0.05) is 29.1 Å². The van der Waals surface area contributed by atoms with Crippen molar-refractivity contribution < 1.29 is 14.7 Å². The largest absolute Gasteiger partial charge is 0.386 e. The number of aliphatic hydroxyl groups is 1. The molecular weight excluding hydrogens is 416 g/mol. The summed E-state index contributed by atoms with van der Waals surface area (Å²) < 4.78 is 1.96. The summed E-state index contributed by atoms with van der Waals surface area (Å²) in [7, 11) is 0. The van der Waals surface area contributed by atoms with Gasteiger partial charge < -0.3 is 10.0 Å². The van der Waals surface area contributed by atoms with E-state index in [0.29, 0.717) is 24.7 Å². The van der Waals surface area contributed by atoms with Crippen molar-refractivity contribution in [2.24, 2.45) is 5.92 Å². The Kier molecular flexibility index (Phi) is 5.12. The molecule has 0 saturated carbocycles. The Balaban J connectivity index is 1.23. The van der Waals surface area contributed by atoms with E-state index in [2.05, 4.69) is 17.5 Å². The molecule has 0 bridgehead atoms. The predicted octanol–water partition coefficient (Wildman–Crippen LogP) is 4.01. The van der Waals surface area contributed by atoms with Crippen LogP contribution < -0.4 is 5.48 Å². The van der Waals surface area contributed by atoms with Crippen LogP contribution in [0.3, 0.4) is 0 Å². The quantitative estimate of drug-likeness (QED) is 0.601. The molecule has 2 N–H and O–H groups in total. The second-order valence-electron chi connectivity index (χ2n) is 8.56. The third-order valence-electron chi connectivity index (χ3n) is 6.81. The van der Waals surface area contributed by atoms with Gasteiger partial charge in [0.25, 0.3) is 0 Å². The molecule has 3 heterocycles. The van der Waals surface area contributed by atoms with Gasteiger partial charge in [0.1, 0.15) is 6.10 Å². The number of carbonyl (C=O) groups excluding carboxylic acids is 1. The molecule has 1 fully saturated rings. The van der Waals surface area contributed by atoms with Crippen molar-refractivity contribution in [3.63, 3.8) is 0 Å². The molecular formula is C23H25ClN4O3. The first kappa shape index (κ1) is 20.3. The van der Waals surface area contributed by atoms with Crippen LogP contribution in [0.15, 0.2) is 48.7 Å². The lowest BCUT2D eigenvalue weighted by molar-refractivity contribution is -0.0162. The van der Waals surface area contributed by atoms with Crippen LogP contribution in [-0.2, 0) is 17.0 Å². The number of halogens is 1. The van der Waals surface area contributed by atoms with Crippen LogP contribution in [0.1, 0.15) is 37.0 Å². The van der Waals surface area contributed by atoms with Crippen molar-refractivity contribution in [2.75, 3.05) is 13.1 Å². The van der Waals surface area contributed by atoms with Crippen molar-refractivity contribution >= 4 is 28.5 Å². The van der Waals surface area contributed by atoms with Gasteiger partial charge in [-0.25, -0.2) is 10.3 Å². The highest BCUT2D eigenvalue weighted by molar-refractivity contribution is 6.31. The van der Waals surface area contributed by atoms with Gasteiger partial charge in [-0.2, -0.15) is 5.10 Å². The lowest BCUT2D eigenvalue weighted by Gasteiger charge is -2.42. The topological polar surface area (TPSA) is 79.6 Å². The zero-order valence-electron chi connectivity index (χ0n) is 17.3. The molecule has 0 aliphatic carbocycles. The third kappa shape index (κ3) is 3.37. The summed E-state index contributed by atoms with van der Waals surface area (Å²) >= 11 is 6.25. The lowest BCUT2D eigenvalue weighted by Crippen LogP contribution is -2.50. The zero-order chi connectivity index (χ0) is 21.6. The second-order valence-corrected chi connectivity index (χ2v) is 9.00. The van der Waals surface area contributed by atoms with Crippen LogP contribution in [0.25, 0.3) is 10.9 Å². The van der Waals surface area contributed by atoms with E-state index in [0.717, 1.165) is 34.9 Å². The average Bonchev–Trinajstić information content (AvgIpc) is 3.30. The van der Waals surface area contributed by atoms with Crippen LogP contribution in [-0.4, -0.2) is 38.9 Å². The molecule has 0 radical (unpaired) electrons. The first-order valence-electron chi connectivity index (χ1n) is 10.5. The van der Waals surface area contributed by atoms with Crippen molar-refractivity contribution in [1.82, 2.24) is 20.2 Å². The van der Waals surface area contributed by atoms with Crippen LogP contribution in [0.2, 0.25) is 5.02 Å². The van der Waals surface area contributed by atoms with E-state index >= 15 is 0 Å². The van der Waals surface area contributed by atoms with Crippen molar-refractivity contribution in [2.45, 2.75) is 38.0 Å². The lowest BCUT2D eigenvalue weighted by atomic mass is 9.75. The fourth-order valence-electron chi connectivity index (χ4n) is 5.05. The Morgan fingerprint density at radius 1 is 1.29 bits per heavy atom. The van der Waals surface area contributed by atoms with E-state index in [-0.39, 0.29) is 11.9 Å². The summed E-state index contributed by atoms with van der Waals surface area (Å²) in [6.07, 6.45) is 2.66. The number of piperidine rings is 1. The number of hydrogen-bond acceptors (Lipinski definition) is 4. The first-order chi connectivity index (χ1) is 15.0. The van der Waals surface area contributed by atoms with Crippen LogP contribution in [0, 0.1) is 5.92 Å². The molecule has 162 valence electrons. The zero-order valence-corrected chi connectivity index (χ0v) is 18.0. The van der Waals surface area contributed by atoms with Crippen LogP contribution in [0.5, 0.6) is 0 Å². The van der Waals surface area contributed by atoms with E-state index in [9.17, 15) is 9.90 Å². The maximum Gasteiger partial charge on any atom is 0.341 e. The SMILES string of the molecule is CC1(C2CCN(C(=O)NOCc3ccccc3)CC2)[C@H](O)c2cc(Cl)cc3cnn1c23. The standard InChI is InChI=1S/C23H25ClN4O3/c1-23(21(29)19-12-18(24)11-16-13-25-28(23)20(16)19)17-7-9-27(10-8-17)22(30)26-31-14-15-5-3-2-4-6-15/h2-6,11-13,17,21,29H,7-10,14H2,1H3,(H,26,30)/t21-,23?/m1/s1. The maximum atomic E-state index is 12.5. The summed E-state index contributed by atoms with van der Waals surface area (Å²) in [5.41, 5.74) is 4.75. The minimum atomic E-state index is -0.683. The molecule has 7 nitrogen and oxygen atoms in total. The number of urea groups is 1. The Morgan fingerprint density at radius 3 is 2.77 bits per heavy atom. The molecule has 8 heteroatoms. The second kappa shape index (κ2) is 7.82. The normalized spacial score (nSPS) is 23.5. The number of aromatic nitrogens is 2. The van der Waals surface area contributed by atoms with Gasteiger partial charge in [-0.1, -0.05) is 41.9 Å². The number of nitrogens with one attached hydrogen (secondary N) is 1. The summed E-state index contributed by atoms with van der Waals surface area (Å²) in [6.45, 7) is 3.56. The van der Waals surface area contributed by atoms with E-state index in [1.165, 1.54) is 0 Å². The van der Waals surface area contributed by atoms with Gasteiger partial charge in [0.05, 0.1) is 23.9 Å². The Hall–Kier alpha value is -2.61. The molecule has 2 atom stereocenters. The number of hydrogen-bond donors (Lipinski definition) is 2. The molecule has 2 aliphatic heterocycles. The Morgan fingerprint density at radius 2 is 2.03 bits per heavy atom. The summed E-state index contributed by atoms with van der Waals surface area (Å²) in [4.78, 5) is 19.6. The summed E-state index contributed by atoms with van der Waals surface area (Å²) in [6, 6.07) is 13.2. The number of amides is 2. The van der Waals surface area contributed by atoms with Gasteiger partial charge >= 0.3 is 6.03 Å². The Bertz CT molecular complexity index is 1110. The van der Waals surface area contributed by atoms with E-state index < -0.39 is 11.6 Å². The highest BCUT2D eigenvalue weighted by Crippen LogP contribution is 2.51. The smallest absolute Gasteiger partial charge is 0.341 e. The molecule has 31 heavy (non-hydrogen) atoms. The molecule has 2 amide bonds. The van der Waals surface area contributed by atoms with Gasteiger partial charge in [-0.3, -0.25) is 9.52 Å². The molecule has 1 unspecified atom stereocenters. The third-order valence-corrected chi connectivity index (χ3v) is 7.03. The molecule has 2 aromatic carbocycles. The van der Waals surface area contributed by atoms with E-state index in [4.69, 9.17) is 16.4 Å². The number of rotatable bonds is 4. The van der Waals surface area contributed by atoms with E-state index in [1.807, 2.05) is 53.3 Å². The van der Waals surface area contributed by atoms with Crippen molar-refractivity contribution in [3.8, 4) is 0 Å². The number of nitrogens with zero attached hydrogens (tertiary/aromatic N) is 3. The molecule has 5 rings (SSSR count). The number of carbonyl (C=O) groups is 1. The van der Waals surface area contributed by atoms with Crippen LogP contribution >= 0.6 is 11.6 Å². The van der Waals surface area contributed by atoms with Crippen molar-refractivity contribution in [3.05, 3.63) is 64.8 Å². The molecule has 1 aromatic heterocycles. The molecule has 2 aliphatic rings. The number of likely N-dealkylation sites (tertiary alicyclic amines) is 1. The summed E-state index contributed by atoms with van der Waals surface area (Å²) in [5, 5.41) is 17.4. The van der Waals surface area contributed by atoms with Crippen molar-refractivity contribution in [1.29, 1.82) is 0 Å².